The van der Waals surface area contributed by atoms with E-state index in [2.05, 4.69) is 5.32 Å². The number of anilines is 2. The molecule has 1 aromatic carbocycles. The highest BCUT2D eigenvalue weighted by molar-refractivity contribution is 7.90. The molecule has 27 heavy (non-hydrogen) atoms. The van der Waals surface area contributed by atoms with Crippen molar-refractivity contribution in [3.05, 3.63) is 18.2 Å². The topological polar surface area (TPSA) is 83.6 Å². The Balaban J connectivity index is 2.04. The van der Waals surface area contributed by atoms with Gasteiger partial charge in [-0.25, -0.2) is 8.42 Å². The lowest BCUT2D eigenvalue weighted by atomic mass is 9.87. The minimum Gasteiger partial charge on any atom is -0.322 e. The van der Waals surface area contributed by atoms with Crippen LogP contribution in [0.25, 0.3) is 0 Å². The van der Waals surface area contributed by atoms with Crippen molar-refractivity contribution in [3.8, 4) is 0 Å². The summed E-state index contributed by atoms with van der Waals surface area (Å²) in [4.78, 5) is 27.9. The van der Waals surface area contributed by atoms with Crippen LogP contribution in [0.3, 0.4) is 0 Å². The van der Waals surface area contributed by atoms with E-state index in [1.807, 2.05) is 13.8 Å². The number of sulfone groups is 1. The number of hydrogen-bond donors (Lipinski definition) is 1. The normalized spacial score (nSPS) is 21.1. The van der Waals surface area contributed by atoms with E-state index in [0.717, 1.165) is 38.4 Å². The highest BCUT2D eigenvalue weighted by Gasteiger charge is 2.40. The summed E-state index contributed by atoms with van der Waals surface area (Å²) in [6.45, 7) is 4.05. The first kappa shape index (κ1) is 19.9. The molecular formula is C20H28N2O4S. The summed E-state index contributed by atoms with van der Waals surface area (Å²) in [6, 6.07) is 4.06. The first-order chi connectivity index (χ1) is 12.7. The van der Waals surface area contributed by atoms with Crippen molar-refractivity contribution >= 4 is 33.0 Å². The Bertz CT molecular complexity index is 842. The number of nitrogens with zero attached hydrogens (tertiary/aromatic N) is 1. The van der Waals surface area contributed by atoms with E-state index in [1.54, 1.807) is 11.0 Å². The van der Waals surface area contributed by atoms with Gasteiger partial charge in [0.2, 0.25) is 11.8 Å². The van der Waals surface area contributed by atoms with Crippen molar-refractivity contribution < 1.29 is 18.0 Å². The number of carbonyl (C=O) groups is 2. The summed E-state index contributed by atoms with van der Waals surface area (Å²) >= 11 is 0. The second kappa shape index (κ2) is 7.62. The van der Waals surface area contributed by atoms with E-state index in [9.17, 15) is 18.0 Å². The molecule has 0 spiro atoms. The summed E-state index contributed by atoms with van der Waals surface area (Å²) in [6.07, 6.45) is 6.61. The number of benzene rings is 1. The maximum Gasteiger partial charge on any atom is 0.247 e. The first-order valence-electron chi connectivity index (χ1n) is 9.66. The zero-order chi connectivity index (χ0) is 19.8. The number of carbonyl (C=O) groups excluding carboxylic acids is 2. The Morgan fingerprint density at radius 2 is 1.89 bits per heavy atom. The molecule has 1 heterocycles. The van der Waals surface area contributed by atoms with Crippen LogP contribution in [-0.4, -0.2) is 32.5 Å². The zero-order valence-electron chi connectivity index (χ0n) is 16.2. The van der Waals surface area contributed by atoms with Crippen molar-refractivity contribution in [2.75, 3.05) is 16.5 Å². The lowest BCUT2D eigenvalue weighted by molar-refractivity contribution is -0.127. The average Bonchev–Trinajstić information content (AvgIpc) is 2.61. The SMILES string of the molecule is CC(C)CC1C(=O)Nc2cc(S(C)(=O)=O)ccc2N1C(=O)C1CCCCC1. The van der Waals surface area contributed by atoms with Gasteiger partial charge in [0, 0.05) is 12.2 Å². The third kappa shape index (κ3) is 4.18. The molecule has 0 saturated heterocycles. The van der Waals surface area contributed by atoms with Crippen LogP contribution in [0, 0.1) is 11.8 Å². The highest BCUT2D eigenvalue weighted by Crippen LogP contribution is 2.38. The molecule has 1 N–H and O–H groups in total. The molecule has 1 saturated carbocycles. The second-order valence-electron chi connectivity index (χ2n) is 8.13. The van der Waals surface area contributed by atoms with Crippen LogP contribution in [0.1, 0.15) is 52.4 Å². The Hall–Kier alpha value is -1.89. The fourth-order valence-corrected chi connectivity index (χ4v) is 4.68. The molecule has 0 bridgehead atoms. The summed E-state index contributed by atoms with van der Waals surface area (Å²) < 4.78 is 23.8. The summed E-state index contributed by atoms with van der Waals surface area (Å²) in [5, 5.41) is 2.82. The predicted octanol–water partition coefficient (Wildman–Crippen LogP) is 3.37. The predicted molar refractivity (Wildman–Crippen MR) is 105 cm³/mol. The van der Waals surface area contributed by atoms with Crippen LogP contribution in [-0.2, 0) is 19.4 Å². The number of amides is 2. The quantitative estimate of drug-likeness (QED) is 0.851. The number of nitrogens with one attached hydrogen (secondary N) is 1. The molecule has 1 atom stereocenters. The van der Waals surface area contributed by atoms with Gasteiger partial charge in [-0.15, -0.1) is 0 Å². The zero-order valence-corrected chi connectivity index (χ0v) is 17.0. The molecule has 1 aromatic rings. The lowest BCUT2D eigenvalue weighted by Crippen LogP contribution is -2.53. The summed E-state index contributed by atoms with van der Waals surface area (Å²) in [7, 11) is -3.40. The molecule has 148 valence electrons. The van der Waals surface area contributed by atoms with Gasteiger partial charge in [0.05, 0.1) is 16.3 Å². The first-order valence-corrected chi connectivity index (χ1v) is 11.6. The van der Waals surface area contributed by atoms with Crippen LogP contribution in [0.15, 0.2) is 23.1 Å². The van der Waals surface area contributed by atoms with Crippen LogP contribution in [0.2, 0.25) is 0 Å². The molecule has 1 aliphatic carbocycles. The third-order valence-electron chi connectivity index (χ3n) is 5.41. The maximum atomic E-state index is 13.4. The van der Waals surface area contributed by atoms with Crippen LogP contribution >= 0.6 is 0 Å². The van der Waals surface area contributed by atoms with Crippen molar-refractivity contribution in [2.24, 2.45) is 11.8 Å². The molecule has 2 aliphatic rings. The Labute approximate surface area is 161 Å². The molecule has 7 heteroatoms. The highest BCUT2D eigenvalue weighted by atomic mass is 32.2. The fraction of sp³-hybridized carbons (Fsp3) is 0.600. The minimum absolute atomic E-state index is 0.0106. The molecule has 6 nitrogen and oxygen atoms in total. The van der Waals surface area contributed by atoms with E-state index < -0.39 is 15.9 Å². The van der Waals surface area contributed by atoms with Crippen LogP contribution in [0.4, 0.5) is 11.4 Å². The molecule has 0 radical (unpaired) electrons. The van der Waals surface area contributed by atoms with Crippen molar-refractivity contribution in [2.45, 2.75) is 63.3 Å². The lowest BCUT2D eigenvalue weighted by Gasteiger charge is -2.39. The molecule has 2 amide bonds. The van der Waals surface area contributed by atoms with Gasteiger partial charge < -0.3 is 5.32 Å². The van der Waals surface area contributed by atoms with Gasteiger partial charge in [0.1, 0.15) is 6.04 Å². The van der Waals surface area contributed by atoms with Crippen molar-refractivity contribution in [1.82, 2.24) is 0 Å². The van der Waals surface area contributed by atoms with E-state index in [4.69, 9.17) is 0 Å². The van der Waals surface area contributed by atoms with Gasteiger partial charge in [-0.3, -0.25) is 14.5 Å². The van der Waals surface area contributed by atoms with Gasteiger partial charge in [0.25, 0.3) is 0 Å². The van der Waals surface area contributed by atoms with E-state index >= 15 is 0 Å². The Kier molecular flexibility index (Phi) is 5.60. The standard InChI is InChI=1S/C20H28N2O4S/c1-13(2)11-18-19(23)21-16-12-15(27(3,25)26)9-10-17(16)22(18)20(24)14-7-5-4-6-8-14/h9-10,12-14,18H,4-8,11H2,1-3H3,(H,21,23). The van der Waals surface area contributed by atoms with Gasteiger partial charge in [0.15, 0.2) is 9.84 Å². The third-order valence-corrected chi connectivity index (χ3v) is 6.52. The molecule has 1 fully saturated rings. The maximum absolute atomic E-state index is 13.4. The molecule has 1 aliphatic heterocycles. The molecule has 3 rings (SSSR count). The smallest absolute Gasteiger partial charge is 0.247 e. The monoisotopic (exact) mass is 392 g/mol. The van der Waals surface area contributed by atoms with Crippen LogP contribution in [0.5, 0.6) is 0 Å². The van der Waals surface area contributed by atoms with E-state index in [1.165, 1.54) is 12.1 Å². The summed E-state index contributed by atoms with van der Waals surface area (Å²) in [5.41, 5.74) is 0.996. The largest absolute Gasteiger partial charge is 0.322 e. The number of fused-ring (bicyclic) bond motifs is 1. The van der Waals surface area contributed by atoms with Crippen molar-refractivity contribution in [3.63, 3.8) is 0 Å². The molecular weight excluding hydrogens is 364 g/mol. The number of rotatable bonds is 4. The molecule has 0 aromatic heterocycles. The minimum atomic E-state index is -3.40. The average molecular weight is 393 g/mol. The van der Waals surface area contributed by atoms with E-state index in [0.29, 0.717) is 17.8 Å². The second-order valence-corrected chi connectivity index (χ2v) is 10.1. The summed E-state index contributed by atoms with van der Waals surface area (Å²) in [5.74, 6) is -0.0736. The fourth-order valence-electron chi connectivity index (χ4n) is 4.03. The van der Waals surface area contributed by atoms with Gasteiger partial charge in [-0.05, 0) is 43.4 Å². The Morgan fingerprint density at radius 3 is 2.48 bits per heavy atom. The van der Waals surface area contributed by atoms with E-state index in [-0.39, 0.29) is 28.5 Å². The molecule has 1 unspecified atom stereocenters. The van der Waals surface area contributed by atoms with Crippen LogP contribution < -0.4 is 10.2 Å². The number of hydrogen-bond acceptors (Lipinski definition) is 4. The Morgan fingerprint density at radius 1 is 1.22 bits per heavy atom. The van der Waals surface area contributed by atoms with Gasteiger partial charge in [-0.2, -0.15) is 0 Å². The van der Waals surface area contributed by atoms with Gasteiger partial charge >= 0.3 is 0 Å². The van der Waals surface area contributed by atoms with Gasteiger partial charge in [-0.1, -0.05) is 33.1 Å². The van der Waals surface area contributed by atoms with Crippen molar-refractivity contribution in [1.29, 1.82) is 0 Å².